The molecule has 0 unspecified atom stereocenters. The first-order chi connectivity index (χ1) is 11.4. The second-order valence-corrected chi connectivity index (χ2v) is 6.21. The summed E-state index contributed by atoms with van der Waals surface area (Å²) in [6.07, 6.45) is 0. The van der Waals surface area contributed by atoms with Crippen LogP contribution in [-0.2, 0) is 0 Å². The number of aryl methyl sites for hydroxylation is 2. The third-order valence-corrected chi connectivity index (χ3v) is 3.84. The van der Waals surface area contributed by atoms with Crippen LogP contribution in [0, 0.1) is 13.8 Å². The molecule has 1 heterocycles. The van der Waals surface area contributed by atoms with Gasteiger partial charge in [-0.2, -0.15) is 0 Å². The number of carbonyl (C=O) groups excluding carboxylic acids is 1. The lowest BCUT2D eigenvalue weighted by Crippen LogP contribution is -2.12. The van der Waals surface area contributed by atoms with E-state index in [1.54, 1.807) is 6.07 Å². The third kappa shape index (κ3) is 3.58. The van der Waals surface area contributed by atoms with E-state index in [4.69, 9.17) is 27.6 Å². The zero-order chi connectivity index (χ0) is 17.3. The highest BCUT2D eigenvalue weighted by Crippen LogP contribution is 2.24. The van der Waals surface area contributed by atoms with Gasteiger partial charge in [-0.25, -0.2) is 0 Å². The van der Waals surface area contributed by atoms with Crippen molar-refractivity contribution in [2.24, 2.45) is 0 Å². The lowest BCUT2D eigenvalue weighted by molar-refractivity contribution is 0.102. The fourth-order valence-electron chi connectivity index (χ4n) is 2.33. The van der Waals surface area contributed by atoms with Crippen LogP contribution in [0.2, 0.25) is 10.0 Å². The fourth-order valence-corrected chi connectivity index (χ4v) is 2.82. The van der Waals surface area contributed by atoms with E-state index in [1.807, 2.05) is 32.0 Å². The number of nitrogens with one attached hydrogen (secondary N) is 1. The predicted octanol–water partition coefficient (Wildman–Crippen LogP) is 4.91. The van der Waals surface area contributed by atoms with E-state index in [-0.39, 0.29) is 16.6 Å². The Bertz CT molecular complexity index is 902. The standard InChI is InChI=1S/C17H13Cl2N3O2/c1-9-5-10(2)7-11(6-9)16-21-22-17(24-16)20-15(23)13-4-3-12(18)8-14(13)19/h3-8H,1-2H3,(H,20,22,23). The molecule has 0 fully saturated rings. The first kappa shape index (κ1) is 16.5. The molecule has 1 amide bonds. The van der Waals surface area contributed by atoms with Crippen LogP contribution in [0.1, 0.15) is 21.5 Å². The molecule has 1 aromatic heterocycles. The maximum Gasteiger partial charge on any atom is 0.322 e. The van der Waals surface area contributed by atoms with Crippen LogP contribution in [0.15, 0.2) is 40.8 Å². The van der Waals surface area contributed by atoms with Crippen LogP contribution < -0.4 is 5.32 Å². The van der Waals surface area contributed by atoms with Crippen molar-refractivity contribution in [3.63, 3.8) is 0 Å². The van der Waals surface area contributed by atoms with Gasteiger partial charge in [0.15, 0.2) is 0 Å². The summed E-state index contributed by atoms with van der Waals surface area (Å²) in [7, 11) is 0. The number of hydrogen-bond acceptors (Lipinski definition) is 4. The summed E-state index contributed by atoms with van der Waals surface area (Å²) in [5.74, 6) is -0.119. The van der Waals surface area contributed by atoms with Gasteiger partial charge in [-0.1, -0.05) is 45.5 Å². The molecule has 0 aliphatic rings. The first-order valence-electron chi connectivity index (χ1n) is 7.11. The van der Waals surface area contributed by atoms with Gasteiger partial charge in [0, 0.05) is 10.6 Å². The summed E-state index contributed by atoms with van der Waals surface area (Å²) in [4.78, 5) is 12.2. The molecule has 0 aliphatic heterocycles. The van der Waals surface area contributed by atoms with Crippen LogP contribution >= 0.6 is 23.2 Å². The molecule has 24 heavy (non-hydrogen) atoms. The molecule has 0 saturated carbocycles. The third-order valence-electron chi connectivity index (χ3n) is 3.29. The molecule has 0 bridgehead atoms. The number of nitrogens with zero attached hydrogens (tertiary/aromatic N) is 2. The minimum Gasteiger partial charge on any atom is -0.403 e. The molecule has 3 rings (SSSR count). The molecular weight excluding hydrogens is 349 g/mol. The Balaban J connectivity index is 1.82. The van der Waals surface area contributed by atoms with Gasteiger partial charge in [0.25, 0.3) is 5.91 Å². The van der Waals surface area contributed by atoms with E-state index >= 15 is 0 Å². The van der Waals surface area contributed by atoms with Crippen LogP contribution in [0.4, 0.5) is 6.01 Å². The lowest BCUT2D eigenvalue weighted by Gasteiger charge is -2.03. The summed E-state index contributed by atoms with van der Waals surface area (Å²) < 4.78 is 5.51. The first-order valence-corrected chi connectivity index (χ1v) is 7.86. The molecule has 5 nitrogen and oxygen atoms in total. The Kier molecular flexibility index (Phi) is 4.55. The number of aromatic nitrogens is 2. The van der Waals surface area contributed by atoms with E-state index in [1.165, 1.54) is 12.1 Å². The lowest BCUT2D eigenvalue weighted by atomic mass is 10.1. The Hall–Kier alpha value is -2.37. The number of halogens is 2. The predicted molar refractivity (Wildman–Crippen MR) is 93.6 cm³/mol. The molecule has 0 aliphatic carbocycles. The molecule has 0 atom stereocenters. The fraction of sp³-hybridized carbons (Fsp3) is 0.118. The van der Waals surface area contributed by atoms with Gasteiger partial charge in [0.1, 0.15) is 0 Å². The normalized spacial score (nSPS) is 10.7. The molecular formula is C17H13Cl2N3O2. The second-order valence-electron chi connectivity index (χ2n) is 5.37. The minimum atomic E-state index is -0.452. The van der Waals surface area contributed by atoms with Gasteiger partial charge in [-0.3, -0.25) is 10.1 Å². The molecule has 2 aromatic carbocycles. The van der Waals surface area contributed by atoms with Crippen molar-refractivity contribution in [1.29, 1.82) is 0 Å². The zero-order valence-corrected chi connectivity index (χ0v) is 14.4. The van der Waals surface area contributed by atoms with Crippen molar-refractivity contribution in [1.82, 2.24) is 10.2 Å². The van der Waals surface area contributed by atoms with Gasteiger partial charge >= 0.3 is 6.01 Å². The molecule has 3 aromatic rings. The minimum absolute atomic E-state index is 0.000163. The number of benzene rings is 2. The molecule has 7 heteroatoms. The van der Waals surface area contributed by atoms with E-state index in [2.05, 4.69) is 15.5 Å². The number of anilines is 1. The van der Waals surface area contributed by atoms with Crippen molar-refractivity contribution in [2.45, 2.75) is 13.8 Å². The van der Waals surface area contributed by atoms with E-state index in [0.717, 1.165) is 16.7 Å². The highest BCUT2D eigenvalue weighted by Gasteiger charge is 2.15. The smallest absolute Gasteiger partial charge is 0.322 e. The van der Waals surface area contributed by atoms with Crippen LogP contribution in [0.5, 0.6) is 0 Å². The maximum absolute atomic E-state index is 12.2. The second kappa shape index (κ2) is 6.63. The van der Waals surface area contributed by atoms with E-state index < -0.39 is 5.91 Å². The average Bonchev–Trinajstić information content (AvgIpc) is 2.94. The van der Waals surface area contributed by atoms with Crippen molar-refractivity contribution in [2.75, 3.05) is 5.32 Å². The van der Waals surface area contributed by atoms with Crippen molar-refractivity contribution in [3.05, 3.63) is 63.1 Å². The Morgan fingerprint density at radius 1 is 1.04 bits per heavy atom. The Morgan fingerprint density at radius 2 is 1.75 bits per heavy atom. The topological polar surface area (TPSA) is 68.0 Å². The van der Waals surface area contributed by atoms with Gasteiger partial charge in [0.05, 0.1) is 10.6 Å². The van der Waals surface area contributed by atoms with Crippen LogP contribution in [0.25, 0.3) is 11.5 Å². The number of rotatable bonds is 3. The molecule has 122 valence electrons. The van der Waals surface area contributed by atoms with Crippen molar-refractivity contribution >= 4 is 35.1 Å². The summed E-state index contributed by atoms with van der Waals surface area (Å²) in [6, 6.07) is 10.5. The van der Waals surface area contributed by atoms with Crippen molar-refractivity contribution < 1.29 is 9.21 Å². The van der Waals surface area contributed by atoms with E-state index in [0.29, 0.717) is 10.9 Å². The Labute approximate surface area is 148 Å². The Morgan fingerprint density at radius 3 is 2.42 bits per heavy atom. The zero-order valence-electron chi connectivity index (χ0n) is 12.9. The highest BCUT2D eigenvalue weighted by molar-refractivity contribution is 6.37. The van der Waals surface area contributed by atoms with Gasteiger partial charge < -0.3 is 4.42 Å². The summed E-state index contributed by atoms with van der Waals surface area (Å²) in [5, 5.41) is 11.0. The molecule has 0 radical (unpaired) electrons. The summed E-state index contributed by atoms with van der Waals surface area (Å²) >= 11 is 11.8. The quantitative estimate of drug-likeness (QED) is 0.719. The van der Waals surface area contributed by atoms with Gasteiger partial charge in [-0.15, -0.1) is 5.10 Å². The largest absolute Gasteiger partial charge is 0.403 e. The summed E-state index contributed by atoms with van der Waals surface area (Å²) in [5.41, 5.74) is 3.24. The number of carbonyl (C=O) groups is 1. The molecule has 0 spiro atoms. The SMILES string of the molecule is Cc1cc(C)cc(-c2nnc(NC(=O)c3ccc(Cl)cc3Cl)o2)c1. The number of hydrogen-bond donors (Lipinski definition) is 1. The summed E-state index contributed by atoms with van der Waals surface area (Å²) in [6.45, 7) is 3.97. The highest BCUT2D eigenvalue weighted by atomic mass is 35.5. The van der Waals surface area contributed by atoms with Gasteiger partial charge in [0.2, 0.25) is 5.89 Å². The monoisotopic (exact) mass is 361 g/mol. The molecule has 0 saturated heterocycles. The van der Waals surface area contributed by atoms with Gasteiger partial charge in [-0.05, 0) is 44.2 Å². The van der Waals surface area contributed by atoms with Crippen molar-refractivity contribution in [3.8, 4) is 11.5 Å². The van der Waals surface area contributed by atoms with Crippen LogP contribution in [0.3, 0.4) is 0 Å². The maximum atomic E-state index is 12.2. The van der Waals surface area contributed by atoms with E-state index in [9.17, 15) is 4.79 Å². The molecule has 1 N–H and O–H groups in total. The number of amides is 1. The average molecular weight is 362 g/mol. The van der Waals surface area contributed by atoms with Crippen LogP contribution in [-0.4, -0.2) is 16.1 Å².